The zero-order valence-electron chi connectivity index (χ0n) is 14.1. The molecule has 0 aliphatic carbocycles. The average molecular weight is 310 g/mol. The van der Waals surface area contributed by atoms with E-state index in [1.165, 1.54) is 0 Å². The first-order valence-corrected chi connectivity index (χ1v) is 8.81. The van der Waals surface area contributed by atoms with Crippen LogP contribution in [0.2, 0.25) is 0 Å². The second kappa shape index (κ2) is 6.85. The summed E-state index contributed by atoms with van der Waals surface area (Å²) in [5, 5.41) is 0. The van der Waals surface area contributed by atoms with Crippen LogP contribution in [-0.2, 0) is 14.3 Å². The largest absolute Gasteiger partial charge is 0.378 e. The van der Waals surface area contributed by atoms with E-state index in [0.29, 0.717) is 6.04 Å². The van der Waals surface area contributed by atoms with E-state index in [2.05, 4.69) is 4.90 Å². The van der Waals surface area contributed by atoms with E-state index < -0.39 is 0 Å². The fourth-order valence-corrected chi connectivity index (χ4v) is 4.51. The molecule has 126 valence electrons. The summed E-state index contributed by atoms with van der Waals surface area (Å²) >= 11 is 0. The Morgan fingerprint density at radius 1 is 1.14 bits per heavy atom. The number of amides is 1. The molecule has 0 bridgehead atoms. The van der Waals surface area contributed by atoms with Gasteiger partial charge in [-0.05, 0) is 38.5 Å². The highest BCUT2D eigenvalue weighted by Crippen LogP contribution is 2.37. The van der Waals surface area contributed by atoms with Crippen molar-refractivity contribution in [2.45, 2.75) is 63.2 Å². The SMILES string of the molecule is CO[C@@H]1CCCOC12CCN(C1CCN(C(C)=O)CC1)CC2. The third-order valence-electron chi connectivity index (χ3n) is 5.94. The molecule has 5 nitrogen and oxygen atoms in total. The molecule has 5 heteroatoms. The summed E-state index contributed by atoms with van der Waals surface area (Å²) in [6.07, 6.45) is 6.91. The van der Waals surface area contributed by atoms with E-state index in [9.17, 15) is 4.79 Å². The molecule has 0 radical (unpaired) electrons. The van der Waals surface area contributed by atoms with Gasteiger partial charge < -0.3 is 19.3 Å². The lowest BCUT2D eigenvalue weighted by atomic mass is 9.81. The van der Waals surface area contributed by atoms with Crippen molar-refractivity contribution in [3.8, 4) is 0 Å². The Morgan fingerprint density at radius 3 is 2.41 bits per heavy atom. The third kappa shape index (κ3) is 3.17. The minimum atomic E-state index is -0.0381. The summed E-state index contributed by atoms with van der Waals surface area (Å²) in [5.41, 5.74) is -0.0381. The van der Waals surface area contributed by atoms with Crippen LogP contribution in [0.25, 0.3) is 0 Å². The Bertz CT molecular complexity index is 385. The third-order valence-corrected chi connectivity index (χ3v) is 5.94. The Balaban J connectivity index is 1.52. The molecule has 0 aromatic rings. The Morgan fingerprint density at radius 2 is 1.82 bits per heavy atom. The number of carbonyl (C=O) groups excluding carboxylic acids is 1. The fraction of sp³-hybridized carbons (Fsp3) is 0.941. The number of carbonyl (C=O) groups is 1. The summed E-state index contributed by atoms with van der Waals surface area (Å²) in [5.74, 6) is 0.217. The molecule has 0 saturated carbocycles. The lowest BCUT2D eigenvalue weighted by Gasteiger charge is -2.50. The average Bonchev–Trinajstić information content (AvgIpc) is 2.56. The van der Waals surface area contributed by atoms with Gasteiger partial charge in [-0.15, -0.1) is 0 Å². The molecule has 1 spiro atoms. The van der Waals surface area contributed by atoms with Crippen LogP contribution in [0.4, 0.5) is 0 Å². The maximum atomic E-state index is 11.4. The first-order chi connectivity index (χ1) is 10.6. The van der Waals surface area contributed by atoms with Crippen LogP contribution in [0.15, 0.2) is 0 Å². The second-order valence-corrected chi connectivity index (χ2v) is 7.05. The maximum absolute atomic E-state index is 11.4. The standard InChI is InChI=1S/C17H30N2O3/c1-14(20)18-9-5-15(6-10-18)19-11-7-17(8-12-19)16(21-2)4-3-13-22-17/h15-16H,3-13H2,1-2H3/t16-/m1/s1. The lowest BCUT2D eigenvalue weighted by Crippen LogP contribution is -2.58. The van der Waals surface area contributed by atoms with Crippen LogP contribution >= 0.6 is 0 Å². The molecule has 0 aromatic heterocycles. The fourth-order valence-electron chi connectivity index (χ4n) is 4.51. The van der Waals surface area contributed by atoms with Gasteiger partial charge in [-0.2, -0.15) is 0 Å². The highest BCUT2D eigenvalue weighted by atomic mass is 16.5. The lowest BCUT2D eigenvalue weighted by molar-refractivity contribution is -0.189. The highest BCUT2D eigenvalue weighted by Gasteiger charge is 2.45. The van der Waals surface area contributed by atoms with Crippen molar-refractivity contribution in [1.29, 1.82) is 0 Å². The van der Waals surface area contributed by atoms with Gasteiger partial charge in [-0.3, -0.25) is 4.79 Å². The summed E-state index contributed by atoms with van der Waals surface area (Å²) < 4.78 is 11.9. The molecule has 3 rings (SSSR count). The van der Waals surface area contributed by atoms with Crippen molar-refractivity contribution >= 4 is 5.91 Å². The monoisotopic (exact) mass is 310 g/mol. The van der Waals surface area contributed by atoms with Gasteiger partial charge in [-0.25, -0.2) is 0 Å². The number of nitrogens with zero attached hydrogens (tertiary/aromatic N) is 2. The van der Waals surface area contributed by atoms with E-state index in [-0.39, 0.29) is 17.6 Å². The summed E-state index contributed by atoms with van der Waals surface area (Å²) in [6.45, 7) is 6.60. The summed E-state index contributed by atoms with van der Waals surface area (Å²) in [7, 11) is 1.82. The molecule has 0 unspecified atom stereocenters. The van der Waals surface area contributed by atoms with Gasteiger partial charge >= 0.3 is 0 Å². The van der Waals surface area contributed by atoms with Crippen LogP contribution < -0.4 is 0 Å². The Hall–Kier alpha value is -0.650. The number of methoxy groups -OCH3 is 1. The number of piperidine rings is 2. The Kier molecular flexibility index (Phi) is 5.05. The minimum absolute atomic E-state index is 0.0381. The zero-order chi connectivity index (χ0) is 15.6. The molecular weight excluding hydrogens is 280 g/mol. The molecule has 3 heterocycles. The summed E-state index contributed by atoms with van der Waals surface area (Å²) in [4.78, 5) is 16.0. The van der Waals surface area contributed by atoms with Crippen LogP contribution in [0, 0.1) is 0 Å². The smallest absolute Gasteiger partial charge is 0.219 e. The molecule has 3 aliphatic heterocycles. The molecular formula is C17H30N2O3. The highest BCUT2D eigenvalue weighted by molar-refractivity contribution is 5.73. The quantitative estimate of drug-likeness (QED) is 0.778. The van der Waals surface area contributed by atoms with E-state index >= 15 is 0 Å². The predicted octanol–water partition coefficient (Wildman–Crippen LogP) is 1.66. The first kappa shape index (κ1) is 16.2. The normalized spacial score (nSPS) is 30.6. The van der Waals surface area contributed by atoms with Crippen molar-refractivity contribution in [2.75, 3.05) is 39.9 Å². The van der Waals surface area contributed by atoms with Crippen LogP contribution in [0.5, 0.6) is 0 Å². The maximum Gasteiger partial charge on any atom is 0.219 e. The molecule has 0 N–H and O–H groups in total. The molecule has 1 atom stereocenters. The summed E-state index contributed by atoms with van der Waals surface area (Å²) in [6, 6.07) is 0.637. The topological polar surface area (TPSA) is 42.0 Å². The number of hydrogen-bond donors (Lipinski definition) is 0. The molecule has 3 fully saturated rings. The molecule has 3 aliphatic rings. The van der Waals surface area contributed by atoms with Crippen molar-refractivity contribution < 1.29 is 14.3 Å². The zero-order valence-corrected chi connectivity index (χ0v) is 14.1. The van der Waals surface area contributed by atoms with Gasteiger partial charge in [-0.1, -0.05) is 0 Å². The van der Waals surface area contributed by atoms with Crippen LogP contribution in [0.1, 0.15) is 45.4 Å². The second-order valence-electron chi connectivity index (χ2n) is 7.05. The van der Waals surface area contributed by atoms with Crippen LogP contribution in [0.3, 0.4) is 0 Å². The van der Waals surface area contributed by atoms with Gasteiger partial charge in [0.25, 0.3) is 0 Å². The van der Waals surface area contributed by atoms with E-state index in [4.69, 9.17) is 9.47 Å². The molecule has 22 heavy (non-hydrogen) atoms. The van der Waals surface area contributed by atoms with Crippen molar-refractivity contribution in [3.05, 3.63) is 0 Å². The van der Waals surface area contributed by atoms with Crippen molar-refractivity contribution in [1.82, 2.24) is 9.80 Å². The minimum Gasteiger partial charge on any atom is -0.378 e. The van der Waals surface area contributed by atoms with Gasteiger partial charge in [0.05, 0.1) is 11.7 Å². The Labute approximate surface area is 133 Å². The van der Waals surface area contributed by atoms with Crippen molar-refractivity contribution in [2.24, 2.45) is 0 Å². The number of rotatable bonds is 2. The molecule has 1 amide bonds. The number of likely N-dealkylation sites (tertiary alicyclic amines) is 2. The first-order valence-electron chi connectivity index (χ1n) is 8.81. The van der Waals surface area contributed by atoms with E-state index in [1.54, 1.807) is 6.92 Å². The predicted molar refractivity (Wildman–Crippen MR) is 84.8 cm³/mol. The number of ether oxygens (including phenoxy) is 2. The van der Waals surface area contributed by atoms with Gasteiger partial charge in [0, 0.05) is 52.9 Å². The van der Waals surface area contributed by atoms with Crippen LogP contribution in [-0.4, -0.2) is 73.3 Å². The van der Waals surface area contributed by atoms with Crippen molar-refractivity contribution in [3.63, 3.8) is 0 Å². The van der Waals surface area contributed by atoms with Gasteiger partial charge in [0.15, 0.2) is 0 Å². The molecule has 3 saturated heterocycles. The van der Waals surface area contributed by atoms with Gasteiger partial charge in [0.1, 0.15) is 0 Å². The van der Waals surface area contributed by atoms with E-state index in [1.807, 2.05) is 12.0 Å². The molecule has 0 aromatic carbocycles. The van der Waals surface area contributed by atoms with Gasteiger partial charge in [0.2, 0.25) is 5.91 Å². The van der Waals surface area contributed by atoms with E-state index in [0.717, 1.165) is 71.3 Å². The number of hydrogen-bond acceptors (Lipinski definition) is 4.